The molecule has 0 spiro atoms. The van der Waals surface area contributed by atoms with E-state index in [-0.39, 0.29) is 0 Å². The van der Waals surface area contributed by atoms with E-state index in [4.69, 9.17) is 5.79 Å². The van der Waals surface area contributed by atoms with Crippen molar-refractivity contribution < 1.29 is 10.4 Å². The van der Waals surface area contributed by atoms with Crippen molar-refractivity contribution in [2.45, 2.75) is 44.9 Å². The van der Waals surface area contributed by atoms with E-state index in [9.17, 15) is 0 Å². The Kier molecular flexibility index (Phi) is 4.06. The molecule has 3 aromatic heterocycles. The summed E-state index contributed by atoms with van der Waals surface area (Å²) in [6, 6.07) is 17.0. The van der Waals surface area contributed by atoms with Gasteiger partial charge in [-0.3, -0.25) is 0 Å². The minimum atomic E-state index is -0.467. The third kappa shape index (κ3) is 2.87. The Morgan fingerprint density at radius 1 is 0.968 bits per heavy atom. The second-order valence-corrected chi connectivity index (χ2v) is 8.79. The maximum absolute atomic E-state index is 9.05. The topological polar surface area (TPSA) is 29.9 Å². The van der Waals surface area contributed by atoms with Gasteiger partial charge in [-0.2, -0.15) is 0 Å². The highest BCUT2D eigenvalue weighted by Crippen LogP contribution is 2.42. The maximum Gasteiger partial charge on any atom is 0.227 e. The first-order valence-electron chi connectivity index (χ1n) is 11.8. The number of hydrogen-bond acceptors (Lipinski definition) is 2. The molecule has 3 heterocycles. The summed E-state index contributed by atoms with van der Waals surface area (Å²) in [6.45, 7) is 2.18. The summed E-state index contributed by atoms with van der Waals surface area (Å²) >= 11 is 0. The van der Waals surface area contributed by atoms with E-state index in [0.29, 0.717) is 5.71 Å². The van der Waals surface area contributed by atoms with Gasteiger partial charge in [0.2, 0.25) is 11.4 Å². The molecule has 31 heavy (non-hydrogen) atoms. The van der Waals surface area contributed by atoms with Crippen LogP contribution in [0.15, 0.2) is 65.3 Å². The highest BCUT2D eigenvalue weighted by molar-refractivity contribution is 6.22. The zero-order chi connectivity index (χ0) is 21.9. The molecule has 0 atom stereocenters. The van der Waals surface area contributed by atoms with E-state index in [2.05, 4.69) is 72.2 Å². The van der Waals surface area contributed by atoms with Gasteiger partial charge in [0.1, 0.15) is 7.05 Å². The fourth-order valence-corrected chi connectivity index (χ4v) is 5.36. The quantitative estimate of drug-likeness (QED) is 0.295. The van der Waals surface area contributed by atoms with Crippen LogP contribution in [0, 0.1) is 6.92 Å². The zero-order valence-electron chi connectivity index (χ0n) is 19.1. The average molecular weight is 409 g/mol. The van der Waals surface area contributed by atoms with Gasteiger partial charge in [-0.05, 0) is 60.2 Å². The molecule has 3 nitrogen and oxygen atoms in total. The third-order valence-electron chi connectivity index (χ3n) is 6.92. The second-order valence-electron chi connectivity index (χ2n) is 8.79. The number of furan rings is 1. The van der Waals surface area contributed by atoms with Gasteiger partial charge in [-0.25, -0.2) is 9.55 Å². The monoisotopic (exact) mass is 408 g/mol. The molecular formula is C28H27N2O+. The van der Waals surface area contributed by atoms with Crippen molar-refractivity contribution >= 4 is 32.8 Å². The molecule has 154 valence electrons. The van der Waals surface area contributed by atoms with Crippen LogP contribution in [0.3, 0.4) is 0 Å². The Bertz CT molecular complexity index is 1490. The standard InChI is InChI=1S/C28H27N2O/c1-18-21-11-6-7-12-22(21)26-23-13-8-16-29-28(23)31-27(26)25(18)24-15-14-20(17-30(24)2)19-9-4-3-5-10-19/h6-8,11-17,19H,3-5,9-10H2,1-2H3/q+1/i19D. The van der Waals surface area contributed by atoms with E-state index >= 15 is 0 Å². The van der Waals surface area contributed by atoms with E-state index < -0.39 is 5.89 Å². The molecule has 1 aliphatic carbocycles. The molecule has 1 saturated carbocycles. The number of fused-ring (bicyclic) bond motifs is 5. The second kappa shape index (κ2) is 7.19. The van der Waals surface area contributed by atoms with Crippen LogP contribution < -0.4 is 4.57 Å². The van der Waals surface area contributed by atoms with Gasteiger partial charge in [0.15, 0.2) is 11.8 Å². The first kappa shape index (κ1) is 17.5. The lowest BCUT2D eigenvalue weighted by Gasteiger charge is -2.21. The van der Waals surface area contributed by atoms with Crippen molar-refractivity contribution in [1.29, 1.82) is 0 Å². The van der Waals surface area contributed by atoms with Crippen LogP contribution in [-0.4, -0.2) is 4.98 Å². The van der Waals surface area contributed by atoms with Crippen LogP contribution in [-0.2, 0) is 7.05 Å². The summed E-state index contributed by atoms with van der Waals surface area (Å²) < 4.78 is 17.6. The van der Waals surface area contributed by atoms with Gasteiger partial charge in [-0.15, -0.1) is 0 Å². The molecule has 1 aliphatic rings. The number of hydrogen-bond donors (Lipinski definition) is 0. The molecule has 0 saturated heterocycles. The van der Waals surface area contributed by atoms with Crippen molar-refractivity contribution in [1.82, 2.24) is 4.98 Å². The van der Waals surface area contributed by atoms with Crippen LogP contribution in [0.5, 0.6) is 0 Å². The largest absolute Gasteiger partial charge is 0.437 e. The zero-order valence-corrected chi connectivity index (χ0v) is 18.1. The molecule has 0 radical (unpaired) electrons. The van der Waals surface area contributed by atoms with Crippen molar-refractivity contribution in [3.63, 3.8) is 0 Å². The van der Waals surface area contributed by atoms with Gasteiger partial charge < -0.3 is 4.42 Å². The summed E-state index contributed by atoms with van der Waals surface area (Å²) in [7, 11) is 2.09. The van der Waals surface area contributed by atoms with Gasteiger partial charge >= 0.3 is 0 Å². The van der Waals surface area contributed by atoms with E-state index in [1.807, 2.05) is 6.07 Å². The van der Waals surface area contributed by atoms with Crippen molar-refractivity contribution in [3.8, 4) is 11.3 Å². The molecular weight excluding hydrogens is 380 g/mol. The summed E-state index contributed by atoms with van der Waals surface area (Å²) in [5.74, 6) is -0.467. The third-order valence-corrected chi connectivity index (χ3v) is 6.92. The summed E-state index contributed by atoms with van der Waals surface area (Å²) in [6.07, 6.45) is 9.37. The number of rotatable bonds is 2. The van der Waals surface area contributed by atoms with Crippen LogP contribution in [0.1, 0.15) is 50.5 Å². The number of aryl methyl sites for hydroxylation is 2. The van der Waals surface area contributed by atoms with Crippen molar-refractivity contribution in [2.24, 2.45) is 7.05 Å². The predicted molar refractivity (Wildman–Crippen MR) is 126 cm³/mol. The lowest BCUT2D eigenvalue weighted by Crippen LogP contribution is -2.32. The summed E-state index contributed by atoms with van der Waals surface area (Å²) in [5, 5.41) is 4.60. The van der Waals surface area contributed by atoms with Gasteiger partial charge in [0, 0.05) is 30.0 Å². The lowest BCUT2D eigenvalue weighted by atomic mass is 9.84. The molecule has 3 heteroatoms. The molecule has 2 aromatic carbocycles. The number of aromatic nitrogens is 2. The first-order valence-corrected chi connectivity index (χ1v) is 11.3. The Balaban J connectivity index is 1.65. The molecule has 0 aliphatic heterocycles. The molecule has 5 aromatic rings. The van der Waals surface area contributed by atoms with Crippen LogP contribution in [0.2, 0.25) is 0 Å². The molecule has 0 unspecified atom stereocenters. The Morgan fingerprint density at radius 2 is 1.74 bits per heavy atom. The minimum absolute atomic E-state index is 0.467. The molecule has 0 bridgehead atoms. The Labute approximate surface area is 183 Å². The van der Waals surface area contributed by atoms with Crippen molar-refractivity contribution in [2.75, 3.05) is 0 Å². The molecule has 0 N–H and O–H groups in total. The average Bonchev–Trinajstić information content (AvgIpc) is 3.20. The van der Waals surface area contributed by atoms with Crippen LogP contribution in [0.25, 0.3) is 44.1 Å². The predicted octanol–water partition coefficient (Wildman–Crippen LogP) is 6.98. The highest BCUT2D eigenvalue weighted by Gasteiger charge is 2.25. The van der Waals surface area contributed by atoms with Gasteiger partial charge in [0.05, 0.1) is 5.56 Å². The minimum Gasteiger partial charge on any atom is -0.437 e. The normalized spacial score (nSPS) is 16.8. The van der Waals surface area contributed by atoms with E-state index in [1.165, 1.54) is 22.8 Å². The summed E-state index contributed by atoms with van der Waals surface area (Å²) in [4.78, 5) is 4.50. The maximum atomic E-state index is 9.05. The Morgan fingerprint density at radius 3 is 2.55 bits per heavy atom. The van der Waals surface area contributed by atoms with E-state index in [0.717, 1.165) is 58.9 Å². The molecule has 1 fully saturated rings. The summed E-state index contributed by atoms with van der Waals surface area (Å²) in [5.41, 5.74) is 6.08. The number of nitrogens with zero attached hydrogens (tertiary/aromatic N) is 2. The first-order chi connectivity index (χ1) is 15.6. The number of benzene rings is 2. The van der Waals surface area contributed by atoms with Crippen LogP contribution >= 0.6 is 0 Å². The highest BCUT2D eigenvalue weighted by atomic mass is 16.3. The van der Waals surface area contributed by atoms with Crippen LogP contribution in [0.4, 0.5) is 0 Å². The Hall–Kier alpha value is -3.20. The van der Waals surface area contributed by atoms with E-state index in [1.54, 1.807) is 6.20 Å². The molecule has 0 amide bonds. The van der Waals surface area contributed by atoms with Gasteiger partial charge in [-0.1, -0.05) is 43.5 Å². The fraction of sp³-hybridized carbons (Fsp3) is 0.286. The van der Waals surface area contributed by atoms with Gasteiger partial charge in [0.25, 0.3) is 0 Å². The fourth-order valence-electron chi connectivity index (χ4n) is 5.36. The smallest absolute Gasteiger partial charge is 0.227 e. The van der Waals surface area contributed by atoms with Crippen molar-refractivity contribution in [3.05, 3.63) is 72.1 Å². The number of pyridine rings is 2. The molecule has 6 rings (SSSR count). The lowest BCUT2D eigenvalue weighted by molar-refractivity contribution is -0.660. The SMILES string of the molecule is [2H]C1(c2ccc(-c3c(C)c4ccccc4c4c3oc3ncccc34)[n+](C)c2)CCCCC1.